The summed E-state index contributed by atoms with van der Waals surface area (Å²) >= 11 is 0. The van der Waals surface area contributed by atoms with Gasteiger partial charge in [-0.1, -0.05) is 204 Å². The van der Waals surface area contributed by atoms with Gasteiger partial charge in [0.25, 0.3) is 0 Å². The summed E-state index contributed by atoms with van der Waals surface area (Å²) in [6.45, 7) is 6.59. The first kappa shape index (κ1) is 60.4. The summed E-state index contributed by atoms with van der Waals surface area (Å²) in [6, 6.07) is 0. The number of carbonyl (C=O) groups excluding carboxylic acids is 3. The SMILES string of the molecule is CCCCC/C=C\C/C=C\CCCCCCCC(=O)OC[C@H](COC(=O)CCCCCCC/C=C\CCCCCCCC)OC(=O)CCCCCCC/C=C\CCCCCCCC. The summed E-state index contributed by atoms with van der Waals surface area (Å²) in [5.74, 6) is -0.906. The number of hydrogen-bond acceptors (Lipinski definition) is 6. The number of unbranched alkanes of at least 4 members (excludes halogenated alkanes) is 30. The highest BCUT2D eigenvalue weighted by Crippen LogP contribution is 2.14. The third kappa shape index (κ3) is 50.2. The summed E-state index contributed by atoms with van der Waals surface area (Å²) in [7, 11) is 0. The third-order valence-electron chi connectivity index (χ3n) is 11.8. The van der Waals surface area contributed by atoms with Crippen LogP contribution >= 0.6 is 0 Å². The smallest absolute Gasteiger partial charge is 0.306 e. The molecule has 0 aromatic carbocycles. The molecule has 0 aromatic heterocycles. The zero-order chi connectivity index (χ0) is 45.8. The number of carbonyl (C=O) groups is 3. The van der Waals surface area contributed by atoms with Crippen LogP contribution in [0.15, 0.2) is 48.6 Å². The Morgan fingerprint density at radius 2 is 0.571 bits per heavy atom. The quantitative estimate of drug-likeness (QED) is 0.0262. The molecule has 0 aliphatic rings. The molecule has 366 valence electrons. The fourth-order valence-electron chi connectivity index (χ4n) is 7.64. The van der Waals surface area contributed by atoms with Gasteiger partial charge < -0.3 is 14.2 Å². The number of hydrogen-bond donors (Lipinski definition) is 0. The number of allylic oxidation sites excluding steroid dienone is 8. The summed E-state index contributed by atoms with van der Waals surface area (Å²) in [5, 5.41) is 0. The molecule has 0 aliphatic carbocycles. The fourth-order valence-corrected chi connectivity index (χ4v) is 7.64. The summed E-state index contributed by atoms with van der Waals surface area (Å²) in [5.41, 5.74) is 0. The molecule has 0 aliphatic heterocycles. The molecule has 1 atom stereocenters. The van der Waals surface area contributed by atoms with Crippen LogP contribution in [0.25, 0.3) is 0 Å². The maximum atomic E-state index is 12.8. The number of ether oxygens (including phenoxy) is 3. The lowest BCUT2D eigenvalue weighted by molar-refractivity contribution is -0.167. The number of esters is 3. The molecule has 63 heavy (non-hydrogen) atoms. The van der Waals surface area contributed by atoms with E-state index in [-0.39, 0.29) is 31.1 Å². The van der Waals surface area contributed by atoms with Crippen LogP contribution in [0.4, 0.5) is 0 Å². The van der Waals surface area contributed by atoms with E-state index in [0.717, 1.165) is 96.3 Å². The van der Waals surface area contributed by atoms with Crippen molar-refractivity contribution in [2.24, 2.45) is 0 Å². The molecular formula is C57H102O6. The molecule has 0 heterocycles. The van der Waals surface area contributed by atoms with Crippen molar-refractivity contribution in [2.45, 2.75) is 284 Å². The van der Waals surface area contributed by atoms with Crippen LogP contribution in [0, 0.1) is 0 Å². The lowest BCUT2D eigenvalue weighted by Gasteiger charge is -2.18. The van der Waals surface area contributed by atoms with Crippen molar-refractivity contribution in [3.63, 3.8) is 0 Å². The van der Waals surface area contributed by atoms with E-state index in [2.05, 4.69) is 69.4 Å². The van der Waals surface area contributed by atoms with E-state index in [4.69, 9.17) is 14.2 Å². The zero-order valence-corrected chi connectivity index (χ0v) is 41.8. The second-order valence-electron chi connectivity index (χ2n) is 18.1. The highest BCUT2D eigenvalue weighted by atomic mass is 16.6. The molecule has 0 radical (unpaired) electrons. The van der Waals surface area contributed by atoms with Gasteiger partial charge in [0, 0.05) is 19.3 Å². The Hall–Kier alpha value is -2.63. The molecule has 0 amide bonds. The van der Waals surface area contributed by atoms with Crippen molar-refractivity contribution in [2.75, 3.05) is 13.2 Å². The van der Waals surface area contributed by atoms with Crippen molar-refractivity contribution in [3.05, 3.63) is 48.6 Å². The number of rotatable bonds is 49. The monoisotopic (exact) mass is 883 g/mol. The molecule has 0 fully saturated rings. The fraction of sp³-hybridized carbons (Fsp3) is 0.807. The average molecular weight is 883 g/mol. The minimum atomic E-state index is -0.785. The largest absolute Gasteiger partial charge is 0.462 e. The summed E-state index contributed by atoms with van der Waals surface area (Å²) in [6.07, 6.45) is 62.3. The average Bonchev–Trinajstić information content (AvgIpc) is 3.28. The molecule has 0 spiro atoms. The predicted octanol–water partition coefficient (Wildman–Crippen LogP) is 17.9. The molecule has 0 unspecified atom stereocenters. The molecular weight excluding hydrogens is 781 g/mol. The van der Waals surface area contributed by atoms with Gasteiger partial charge in [-0.3, -0.25) is 14.4 Å². The minimum Gasteiger partial charge on any atom is -0.462 e. The first-order valence-electron chi connectivity index (χ1n) is 27.1. The van der Waals surface area contributed by atoms with Gasteiger partial charge >= 0.3 is 17.9 Å². The summed E-state index contributed by atoms with van der Waals surface area (Å²) in [4.78, 5) is 38.0. The van der Waals surface area contributed by atoms with Gasteiger partial charge in [-0.25, -0.2) is 0 Å². The van der Waals surface area contributed by atoms with Crippen molar-refractivity contribution < 1.29 is 28.6 Å². The minimum absolute atomic E-state index is 0.0843. The standard InChI is InChI=1S/C57H102O6/c1-4-7-10-13-16-19-22-25-28-31-34-37-40-43-46-49-55(58)61-52-54(63-57(60)51-48-45-42-39-36-33-30-27-24-21-18-15-12-9-6-3)53-62-56(59)50-47-44-41-38-35-32-29-26-23-20-17-14-11-8-5-2/h16,19,25-30,54H,4-15,17-18,20-24,31-53H2,1-3H3/b19-16-,28-25-,29-26-,30-27-/t54-/m1/s1. The maximum Gasteiger partial charge on any atom is 0.306 e. The molecule has 0 saturated carbocycles. The van der Waals surface area contributed by atoms with Gasteiger partial charge in [-0.2, -0.15) is 0 Å². The van der Waals surface area contributed by atoms with Crippen LogP contribution in [0.1, 0.15) is 278 Å². The normalized spacial score (nSPS) is 12.4. The molecule has 0 saturated heterocycles. The van der Waals surface area contributed by atoms with Gasteiger partial charge in [-0.15, -0.1) is 0 Å². The van der Waals surface area contributed by atoms with E-state index in [1.807, 2.05) is 0 Å². The molecule has 0 aromatic rings. The van der Waals surface area contributed by atoms with Gasteiger partial charge in [0.2, 0.25) is 0 Å². The van der Waals surface area contributed by atoms with Crippen LogP contribution in [-0.2, 0) is 28.6 Å². The predicted molar refractivity (Wildman–Crippen MR) is 270 cm³/mol. The van der Waals surface area contributed by atoms with Gasteiger partial charge in [0.05, 0.1) is 0 Å². The molecule has 6 heteroatoms. The Kier molecular flexibility index (Phi) is 49.8. The Balaban J connectivity index is 4.41. The van der Waals surface area contributed by atoms with Crippen LogP contribution in [0.3, 0.4) is 0 Å². The highest BCUT2D eigenvalue weighted by Gasteiger charge is 2.19. The Morgan fingerprint density at radius 1 is 0.317 bits per heavy atom. The maximum absolute atomic E-state index is 12.8. The van der Waals surface area contributed by atoms with E-state index >= 15 is 0 Å². The lowest BCUT2D eigenvalue weighted by atomic mass is 10.1. The first-order chi connectivity index (χ1) is 31.0. The molecule has 0 N–H and O–H groups in total. The third-order valence-corrected chi connectivity index (χ3v) is 11.8. The Labute approximate surface area is 390 Å². The van der Waals surface area contributed by atoms with Gasteiger partial charge in [-0.05, 0) is 103 Å². The Bertz CT molecular complexity index is 1110. The van der Waals surface area contributed by atoms with Crippen molar-refractivity contribution in [1.82, 2.24) is 0 Å². The van der Waals surface area contributed by atoms with Crippen molar-refractivity contribution in [1.29, 1.82) is 0 Å². The first-order valence-corrected chi connectivity index (χ1v) is 27.1. The van der Waals surface area contributed by atoms with Crippen LogP contribution in [0.5, 0.6) is 0 Å². The second-order valence-corrected chi connectivity index (χ2v) is 18.1. The van der Waals surface area contributed by atoms with Gasteiger partial charge in [0.15, 0.2) is 6.10 Å². The van der Waals surface area contributed by atoms with E-state index in [1.165, 1.54) is 141 Å². The second kappa shape index (κ2) is 52.0. The van der Waals surface area contributed by atoms with E-state index < -0.39 is 6.10 Å². The topological polar surface area (TPSA) is 78.9 Å². The summed E-state index contributed by atoms with van der Waals surface area (Å²) < 4.78 is 16.8. The molecule has 0 rings (SSSR count). The van der Waals surface area contributed by atoms with E-state index in [1.54, 1.807) is 0 Å². The van der Waals surface area contributed by atoms with E-state index in [9.17, 15) is 14.4 Å². The van der Waals surface area contributed by atoms with Crippen molar-refractivity contribution >= 4 is 17.9 Å². The molecule has 0 bridgehead atoms. The van der Waals surface area contributed by atoms with E-state index in [0.29, 0.717) is 19.3 Å². The Morgan fingerprint density at radius 3 is 0.921 bits per heavy atom. The lowest BCUT2D eigenvalue weighted by Crippen LogP contribution is -2.30. The van der Waals surface area contributed by atoms with Crippen LogP contribution in [-0.4, -0.2) is 37.2 Å². The van der Waals surface area contributed by atoms with Crippen molar-refractivity contribution in [3.8, 4) is 0 Å². The van der Waals surface area contributed by atoms with Crippen LogP contribution < -0.4 is 0 Å². The van der Waals surface area contributed by atoms with Crippen LogP contribution in [0.2, 0.25) is 0 Å². The molecule has 6 nitrogen and oxygen atoms in total. The zero-order valence-electron chi connectivity index (χ0n) is 41.8. The highest BCUT2D eigenvalue weighted by molar-refractivity contribution is 5.71. The van der Waals surface area contributed by atoms with Gasteiger partial charge in [0.1, 0.15) is 13.2 Å².